The number of nitrogens with two attached hydrogens (primary N) is 1. The van der Waals surface area contributed by atoms with Crippen LogP contribution in [0.2, 0.25) is 0 Å². The van der Waals surface area contributed by atoms with Crippen LogP contribution < -0.4 is 11.1 Å². The molecule has 2 unspecified atom stereocenters. The van der Waals surface area contributed by atoms with Gasteiger partial charge < -0.3 is 11.1 Å². The van der Waals surface area contributed by atoms with Gasteiger partial charge in [0.1, 0.15) is 0 Å². The first kappa shape index (κ1) is 11.5. The molecule has 0 amide bonds. The van der Waals surface area contributed by atoms with Gasteiger partial charge in [-0.15, -0.1) is 5.10 Å². The van der Waals surface area contributed by atoms with Crippen molar-refractivity contribution in [3.05, 3.63) is 12.4 Å². The highest BCUT2D eigenvalue weighted by Crippen LogP contribution is 2.16. The minimum Gasteiger partial charge on any atom is -0.328 e. The standard InChI is InChI=1S/C11H21N5/c12-10-3-1-4-11(9-10)13-5-2-7-16-8-6-14-15-16/h6,8,10-11,13H,1-5,7,9,12H2. The lowest BCUT2D eigenvalue weighted by Crippen LogP contribution is -2.39. The predicted molar refractivity (Wildman–Crippen MR) is 62.9 cm³/mol. The fourth-order valence-electron chi connectivity index (χ4n) is 2.31. The van der Waals surface area contributed by atoms with E-state index in [0.29, 0.717) is 12.1 Å². The zero-order valence-corrected chi connectivity index (χ0v) is 9.68. The number of rotatable bonds is 5. The molecule has 1 saturated carbocycles. The molecular formula is C11H21N5. The molecule has 1 aliphatic rings. The van der Waals surface area contributed by atoms with E-state index in [1.54, 1.807) is 6.20 Å². The Morgan fingerprint density at radius 1 is 1.44 bits per heavy atom. The summed E-state index contributed by atoms with van der Waals surface area (Å²) in [6.45, 7) is 1.98. The Balaban J connectivity index is 1.57. The van der Waals surface area contributed by atoms with Crippen LogP contribution >= 0.6 is 0 Å². The van der Waals surface area contributed by atoms with Gasteiger partial charge >= 0.3 is 0 Å². The molecule has 1 fully saturated rings. The molecule has 1 aromatic heterocycles. The minimum absolute atomic E-state index is 0.404. The molecule has 0 aliphatic heterocycles. The summed E-state index contributed by atoms with van der Waals surface area (Å²) in [7, 11) is 0. The smallest absolute Gasteiger partial charge is 0.0692 e. The summed E-state index contributed by atoms with van der Waals surface area (Å²) in [5.74, 6) is 0. The molecule has 2 rings (SSSR count). The predicted octanol–water partition coefficient (Wildman–Crippen LogP) is 0.528. The fourth-order valence-corrected chi connectivity index (χ4v) is 2.31. The first-order valence-corrected chi connectivity index (χ1v) is 6.17. The van der Waals surface area contributed by atoms with Crippen LogP contribution in [0.5, 0.6) is 0 Å². The quantitative estimate of drug-likeness (QED) is 0.714. The summed E-state index contributed by atoms with van der Waals surface area (Å²) in [5.41, 5.74) is 5.94. The molecule has 5 heteroatoms. The third-order valence-electron chi connectivity index (χ3n) is 3.18. The van der Waals surface area contributed by atoms with E-state index in [2.05, 4.69) is 15.6 Å². The van der Waals surface area contributed by atoms with Crippen molar-refractivity contribution in [2.75, 3.05) is 6.54 Å². The molecule has 0 spiro atoms. The van der Waals surface area contributed by atoms with Gasteiger partial charge in [-0.3, -0.25) is 4.68 Å². The van der Waals surface area contributed by atoms with Gasteiger partial charge in [-0.1, -0.05) is 11.6 Å². The Morgan fingerprint density at radius 2 is 2.38 bits per heavy atom. The van der Waals surface area contributed by atoms with Crippen molar-refractivity contribution >= 4 is 0 Å². The fraction of sp³-hybridized carbons (Fsp3) is 0.818. The van der Waals surface area contributed by atoms with Gasteiger partial charge in [-0.2, -0.15) is 0 Å². The van der Waals surface area contributed by atoms with Crippen molar-refractivity contribution in [1.29, 1.82) is 0 Å². The number of hydrogen-bond donors (Lipinski definition) is 2. The number of hydrogen-bond acceptors (Lipinski definition) is 4. The minimum atomic E-state index is 0.404. The molecule has 16 heavy (non-hydrogen) atoms. The van der Waals surface area contributed by atoms with Crippen molar-refractivity contribution in [3.8, 4) is 0 Å². The Labute approximate surface area is 96.4 Å². The Kier molecular flexibility index (Phi) is 4.30. The lowest BCUT2D eigenvalue weighted by molar-refractivity contribution is 0.335. The molecule has 2 atom stereocenters. The molecule has 0 radical (unpaired) electrons. The van der Waals surface area contributed by atoms with E-state index in [1.165, 1.54) is 19.3 Å². The van der Waals surface area contributed by atoms with Gasteiger partial charge in [0.05, 0.1) is 6.20 Å². The summed E-state index contributed by atoms with van der Waals surface area (Å²) in [6.07, 6.45) is 9.57. The van der Waals surface area contributed by atoms with Gasteiger partial charge in [-0.05, 0) is 32.2 Å². The highest BCUT2D eigenvalue weighted by molar-refractivity contribution is 4.79. The Morgan fingerprint density at radius 3 is 3.12 bits per heavy atom. The van der Waals surface area contributed by atoms with E-state index in [0.717, 1.165) is 25.9 Å². The summed E-state index contributed by atoms with van der Waals surface area (Å²) in [4.78, 5) is 0. The lowest BCUT2D eigenvalue weighted by Gasteiger charge is -2.27. The molecule has 90 valence electrons. The third-order valence-corrected chi connectivity index (χ3v) is 3.18. The molecule has 3 N–H and O–H groups in total. The van der Waals surface area contributed by atoms with Gasteiger partial charge in [0.15, 0.2) is 0 Å². The molecule has 1 aromatic rings. The molecular weight excluding hydrogens is 202 g/mol. The first-order chi connectivity index (χ1) is 7.84. The van der Waals surface area contributed by atoms with E-state index in [4.69, 9.17) is 5.73 Å². The maximum Gasteiger partial charge on any atom is 0.0692 e. The van der Waals surface area contributed by atoms with Gasteiger partial charge in [-0.25, -0.2) is 0 Å². The second-order valence-corrected chi connectivity index (χ2v) is 4.60. The monoisotopic (exact) mass is 223 g/mol. The topological polar surface area (TPSA) is 68.8 Å². The highest BCUT2D eigenvalue weighted by atomic mass is 15.4. The molecule has 5 nitrogen and oxygen atoms in total. The molecule has 1 heterocycles. The van der Waals surface area contributed by atoms with E-state index in [9.17, 15) is 0 Å². The van der Waals surface area contributed by atoms with Crippen LogP contribution in [-0.4, -0.2) is 33.6 Å². The van der Waals surface area contributed by atoms with Crippen LogP contribution in [0, 0.1) is 0 Å². The zero-order valence-electron chi connectivity index (χ0n) is 9.68. The molecule has 0 saturated heterocycles. The molecule has 0 bridgehead atoms. The van der Waals surface area contributed by atoms with E-state index in [1.807, 2.05) is 10.9 Å². The van der Waals surface area contributed by atoms with Crippen LogP contribution in [0.3, 0.4) is 0 Å². The summed E-state index contributed by atoms with van der Waals surface area (Å²) < 4.78 is 1.87. The maximum atomic E-state index is 5.94. The number of aryl methyl sites for hydroxylation is 1. The average Bonchev–Trinajstić information content (AvgIpc) is 2.77. The van der Waals surface area contributed by atoms with Crippen LogP contribution in [0.1, 0.15) is 32.1 Å². The van der Waals surface area contributed by atoms with Crippen LogP contribution in [-0.2, 0) is 6.54 Å². The van der Waals surface area contributed by atoms with Crippen molar-refractivity contribution in [1.82, 2.24) is 20.3 Å². The van der Waals surface area contributed by atoms with Crippen molar-refractivity contribution < 1.29 is 0 Å². The average molecular weight is 223 g/mol. The van der Waals surface area contributed by atoms with E-state index in [-0.39, 0.29) is 0 Å². The summed E-state index contributed by atoms with van der Waals surface area (Å²) >= 11 is 0. The summed E-state index contributed by atoms with van der Waals surface area (Å²) in [5, 5.41) is 11.3. The van der Waals surface area contributed by atoms with Gasteiger partial charge in [0.2, 0.25) is 0 Å². The Bertz CT molecular complexity index is 285. The first-order valence-electron chi connectivity index (χ1n) is 6.17. The van der Waals surface area contributed by atoms with Crippen molar-refractivity contribution in [2.45, 2.75) is 50.7 Å². The van der Waals surface area contributed by atoms with E-state index < -0.39 is 0 Å². The third kappa shape index (κ3) is 3.57. The highest BCUT2D eigenvalue weighted by Gasteiger charge is 2.17. The molecule has 0 aromatic carbocycles. The zero-order chi connectivity index (χ0) is 11.2. The molecule has 1 aliphatic carbocycles. The maximum absolute atomic E-state index is 5.94. The van der Waals surface area contributed by atoms with Gasteiger partial charge in [0.25, 0.3) is 0 Å². The Hall–Kier alpha value is -0.940. The van der Waals surface area contributed by atoms with Crippen LogP contribution in [0.25, 0.3) is 0 Å². The second kappa shape index (κ2) is 5.96. The van der Waals surface area contributed by atoms with Crippen LogP contribution in [0.4, 0.5) is 0 Å². The number of aromatic nitrogens is 3. The van der Waals surface area contributed by atoms with Crippen LogP contribution in [0.15, 0.2) is 12.4 Å². The van der Waals surface area contributed by atoms with E-state index >= 15 is 0 Å². The second-order valence-electron chi connectivity index (χ2n) is 4.60. The SMILES string of the molecule is NC1CCCC(NCCCn2ccnn2)C1. The van der Waals surface area contributed by atoms with Gasteiger partial charge in [0, 0.05) is 24.8 Å². The number of nitrogens with zero attached hydrogens (tertiary/aromatic N) is 3. The normalized spacial score (nSPS) is 25.8. The van der Waals surface area contributed by atoms with Crippen molar-refractivity contribution in [3.63, 3.8) is 0 Å². The largest absolute Gasteiger partial charge is 0.328 e. The number of nitrogens with one attached hydrogen (secondary N) is 1. The lowest BCUT2D eigenvalue weighted by atomic mass is 9.91. The van der Waals surface area contributed by atoms with Crippen molar-refractivity contribution in [2.24, 2.45) is 5.73 Å². The summed E-state index contributed by atoms with van der Waals surface area (Å²) in [6, 6.07) is 1.03.